The highest BCUT2D eigenvalue weighted by Crippen LogP contribution is 2.24. The van der Waals surface area contributed by atoms with Gasteiger partial charge in [0.1, 0.15) is 0 Å². The van der Waals surface area contributed by atoms with Gasteiger partial charge in [-0.3, -0.25) is 4.68 Å². The molecule has 0 bridgehead atoms. The van der Waals surface area contributed by atoms with Gasteiger partial charge in [0.25, 0.3) is 0 Å². The maximum atomic E-state index is 10.3. The lowest BCUT2D eigenvalue weighted by molar-refractivity contribution is 0.172. The minimum Gasteiger partial charge on any atom is -0.392 e. The van der Waals surface area contributed by atoms with Gasteiger partial charge in [-0.05, 0) is 25.0 Å². The summed E-state index contributed by atoms with van der Waals surface area (Å²) in [5, 5.41) is 16.2. The van der Waals surface area contributed by atoms with Gasteiger partial charge in [-0.25, -0.2) is 0 Å². The van der Waals surface area contributed by atoms with E-state index in [1.165, 1.54) is 0 Å². The van der Waals surface area contributed by atoms with Crippen LogP contribution in [0, 0.1) is 0 Å². The molecule has 1 aromatic heterocycles. The SMILES string of the molecule is CCc1nn(CC)c(CC(O)Cc2ccccc2Cl)c1Cl. The lowest BCUT2D eigenvalue weighted by Gasteiger charge is -2.13. The predicted octanol–water partition coefficient (Wildman–Crippen LogP) is 3.92. The fourth-order valence-electron chi connectivity index (χ4n) is 2.43. The zero-order valence-corrected chi connectivity index (χ0v) is 13.8. The van der Waals surface area contributed by atoms with Gasteiger partial charge in [-0.15, -0.1) is 0 Å². The van der Waals surface area contributed by atoms with Crippen molar-refractivity contribution in [3.63, 3.8) is 0 Å². The van der Waals surface area contributed by atoms with Crippen molar-refractivity contribution in [2.75, 3.05) is 0 Å². The first-order valence-corrected chi connectivity index (χ1v) is 7.97. The number of aliphatic hydroxyl groups is 1. The summed E-state index contributed by atoms with van der Waals surface area (Å²) in [4.78, 5) is 0. The second-order valence-corrected chi connectivity index (χ2v) is 5.82. The Kier molecular flexibility index (Phi) is 5.68. The molecule has 0 radical (unpaired) electrons. The number of benzene rings is 1. The van der Waals surface area contributed by atoms with E-state index in [-0.39, 0.29) is 0 Å². The molecule has 2 aromatic rings. The van der Waals surface area contributed by atoms with E-state index in [1.807, 2.05) is 42.8 Å². The minimum atomic E-state index is -0.533. The average Bonchev–Trinajstić information content (AvgIpc) is 2.77. The molecule has 1 aromatic carbocycles. The van der Waals surface area contributed by atoms with Crippen molar-refractivity contribution in [3.05, 3.63) is 51.3 Å². The molecule has 0 saturated heterocycles. The lowest BCUT2D eigenvalue weighted by Crippen LogP contribution is -2.17. The second-order valence-electron chi connectivity index (χ2n) is 5.03. The normalized spacial score (nSPS) is 12.6. The maximum absolute atomic E-state index is 10.3. The highest BCUT2D eigenvalue weighted by atomic mass is 35.5. The third kappa shape index (κ3) is 3.79. The van der Waals surface area contributed by atoms with Crippen LogP contribution in [-0.4, -0.2) is 21.0 Å². The van der Waals surface area contributed by atoms with Gasteiger partial charge in [0.2, 0.25) is 0 Å². The number of hydrogen-bond donors (Lipinski definition) is 1. The van der Waals surface area contributed by atoms with Crippen LogP contribution in [0.2, 0.25) is 10.0 Å². The van der Waals surface area contributed by atoms with Gasteiger partial charge in [-0.2, -0.15) is 5.10 Å². The van der Waals surface area contributed by atoms with Crippen molar-refractivity contribution in [3.8, 4) is 0 Å². The van der Waals surface area contributed by atoms with Crippen LogP contribution < -0.4 is 0 Å². The Bertz CT molecular complexity index is 610. The summed E-state index contributed by atoms with van der Waals surface area (Å²) in [6.45, 7) is 4.79. The smallest absolute Gasteiger partial charge is 0.0850 e. The van der Waals surface area contributed by atoms with E-state index >= 15 is 0 Å². The van der Waals surface area contributed by atoms with E-state index in [2.05, 4.69) is 5.10 Å². The van der Waals surface area contributed by atoms with Gasteiger partial charge in [-0.1, -0.05) is 48.3 Å². The topological polar surface area (TPSA) is 38.0 Å². The molecule has 1 atom stereocenters. The Morgan fingerprint density at radius 1 is 1.19 bits per heavy atom. The number of nitrogens with zero attached hydrogens (tertiary/aromatic N) is 2. The zero-order chi connectivity index (χ0) is 15.4. The second kappa shape index (κ2) is 7.30. The van der Waals surface area contributed by atoms with Crippen LogP contribution in [0.15, 0.2) is 24.3 Å². The molecule has 21 heavy (non-hydrogen) atoms. The first-order chi connectivity index (χ1) is 10.1. The Labute approximate surface area is 135 Å². The van der Waals surface area contributed by atoms with Crippen molar-refractivity contribution in [2.45, 2.75) is 45.8 Å². The average molecular weight is 327 g/mol. The van der Waals surface area contributed by atoms with Crippen LogP contribution in [0.1, 0.15) is 30.8 Å². The number of aliphatic hydroxyl groups excluding tert-OH is 1. The van der Waals surface area contributed by atoms with Crippen molar-refractivity contribution in [1.82, 2.24) is 9.78 Å². The van der Waals surface area contributed by atoms with Crippen LogP contribution in [0.25, 0.3) is 0 Å². The summed E-state index contributed by atoms with van der Waals surface area (Å²) in [5.74, 6) is 0. The highest BCUT2D eigenvalue weighted by molar-refractivity contribution is 6.32. The predicted molar refractivity (Wildman–Crippen MR) is 87.2 cm³/mol. The molecule has 5 heteroatoms. The molecule has 0 aliphatic heterocycles. The summed E-state index contributed by atoms with van der Waals surface area (Å²) in [6, 6.07) is 7.57. The Balaban J connectivity index is 2.14. The molecule has 0 fully saturated rings. The number of halogens is 2. The first-order valence-electron chi connectivity index (χ1n) is 7.22. The summed E-state index contributed by atoms with van der Waals surface area (Å²) >= 11 is 12.5. The summed E-state index contributed by atoms with van der Waals surface area (Å²) in [6.07, 6.45) is 1.24. The van der Waals surface area contributed by atoms with Crippen LogP contribution in [-0.2, 0) is 25.8 Å². The van der Waals surface area contributed by atoms with Crippen LogP contribution in [0.4, 0.5) is 0 Å². The van der Waals surface area contributed by atoms with Gasteiger partial charge < -0.3 is 5.11 Å². The number of hydrogen-bond acceptors (Lipinski definition) is 2. The molecular formula is C16H20Cl2N2O. The Hall–Kier alpha value is -1.03. The van der Waals surface area contributed by atoms with Crippen LogP contribution in [0.3, 0.4) is 0 Å². The van der Waals surface area contributed by atoms with Gasteiger partial charge >= 0.3 is 0 Å². The molecule has 0 aliphatic carbocycles. The van der Waals surface area contributed by atoms with Gasteiger partial charge in [0.05, 0.1) is 22.5 Å². The molecule has 0 saturated carbocycles. The summed E-state index contributed by atoms with van der Waals surface area (Å²) < 4.78 is 1.87. The molecular weight excluding hydrogens is 307 g/mol. The fourth-order valence-corrected chi connectivity index (χ4v) is 2.98. The van der Waals surface area contributed by atoms with E-state index in [1.54, 1.807) is 0 Å². The summed E-state index contributed by atoms with van der Waals surface area (Å²) in [5.41, 5.74) is 2.73. The van der Waals surface area contributed by atoms with Crippen LogP contribution in [0.5, 0.6) is 0 Å². The molecule has 3 nitrogen and oxygen atoms in total. The quantitative estimate of drug-likeness (QED) is 0.873. The molecule has 1 heterocycles. The van der Waals surface area contributed by atoms with E-state index in [4.69, 9.17) is 23.2 Å². The fraction of sp³-hybridized carbons (Fsp3) is 0.438. The Morgan fingerprint density at radius 2 is 1.90 bits per heavy atom. The Morgan fingerprint density at radius 3 is 2.52 bits per heavy atom. The van der Waals surface area contributed by atoms with Crippen molar-refractivity contribution >= 4 is 23.2 Å². The van der Waals surface area contributed by atoms with Crippen molar-refractivity contribution < 1.29 is 5.11 Å². The molecule has 0 aliphatic rings. The maximum Gasteiger partial charge on any atom is 0.0850 e. The molecule has 1 N–H and O–H groups in total. The van der Waals surface area contributed by atoms with E-state index in [0.717, 1.165) is 29.9 Å². The van der Waals surface area contributed by atoms with Crippen molar-refractivity contribution in [2.24, 2.45) is 0 Å². The van der Waals surface area contributed by atoms with E-state index in [0.29, 0.717) is 22.9 Å². The summed E-state index contributed by atoms with van der Waals surface area (Å²) in [7, 11) is 0. The number of aromatic nitrogens is 2. The molecule has 114 valence electrons. The lowest BCUT2D eigenvalue weighted by atomic mass is 10.0. The highest BCUT2D eigenvalue weighted by Gasteiger charge is 2.18. The van der Waals surface area contributed by atoms with Crippen molar-refractivity contribution in [1.29, 1.82) is 0 Å². The van der Waals surface area contributed by atoms with Gasteiger partial charge in [0, 0.05) is 24.4 Å². The molecule has 0 amide bonds. The number of aryl methyl sites for hydroxylation is 2. The largest absolute Gasteiger partial charge is 0.392 e. The zero-order valence-electron chi connectivity index (χ0n) is 12.3. The van der Waals surface area contributed by atoms with Crippen LogP contribution >= 0.6 is 23.2 Å². The van der Waals surface area contributed by atoms with E-state index < -0.39 is 6.10 Å². The monoisotopic (exact) mass is 326 g/mol. The molecule has 0 spiro atoms. The van der Waals surface area contributed by atoms with E-state index in [9.17, 15) is 5.11 Å². The minimum absolute atomic E-state index is 0.477. The third-order valence-electron chi connectivity index (χ3n) is 3.54. The molecule has 1 unspecified atom stereocenters. The first kappa shape index (κ1) is 16.3. The molecule has 2 rings (SSSR count). The van der Waals surface area contributed by atoms with Gasteiger partial charge in [0.15, 0.2) is 0 Å². The number of rotatable bonds is 6. The standard InChI is InChI=1S/C16H20Cl2N2O/c1-3-14-16(18)15(20(4-2)19-14)10-12(21)9-11-7-5-6-8-13(11)17/h5-8,12,21H,3-4,9-10H2,1-2H3. The third-order valence-corrected chi connectivity index (χ3v) is 4.34.